The number of benzene rings is 1. The predicted molar refractivity (Wildman–Crippen MR) is 57.4 cm³/mol. The van der Waals surface area contributed by atoms with Crippen LogP contribution < -0.4 is 11.1 Å². The molecule has 0 bridgehead atoms. The summed E-state index contributed by atoms with van der Waals surface area (Å²) in [4.78, 5) is 0. The summed E-state index contributed by atoms with van der Waals surface area (Å²) >= 11 is 0. The summed E-state index contributed by atoms with van der Waals surface area (Å²) in [6.45, 7) is 1.68. The quantitative estimate of drug-likeness (QED) is 0.251. The van der Waals surface area contributed by atoms with Crippen LogP contribution >= 0.6 is 0 Å². The Bertz CT molecular complexity index is 437. The molecule has 1 atom stereocenters. The molecule has 0 radical (unpaired) electrons. The van der Waals surface area contributed by atoms with Gasteiger partial charge in [-0.25, -0.2) is 13.2 Å². The number of rotatable bonds is 4. The minimum absolute atomic E-state index is 0.198. The van der Waals surface area contributed by atoms with Gasteiger partial charge in [0, 0.05) is 12.1 Å². The Labute approximate surface area is 95.9 Å². The minimum Gasteiger partial charge on any atom is -0.409 e. The average molecular weight is 247 g/mol. The van der Waals surface area contributed by atoms with Crippen LogP contribution in [0.4, 0.5) is 18.9 Å². The third kappa shape index (κ3) is 3.02. The number of nitrogens with one attached hydrogen (secondary N) is 1. The van der Waals surface area contributed by atoms with Gasteiger partial charge in [0.1, 0.15) is 5.82 Å². The van der Waals surface area contributed by atoms with Crippen LogP contribution in [0.25, 0.3) is 0 Å². The number of anilines is 1. The predicted octanol–water partition coefficient (Wildman–Crippen LogP) is 2.04. The van der Waals surface area contributed by atoms with E-state index in [0.29, 0.717) is 12.5 Å². The van der Waals surface area contributed by atoms with Crippen molar-refractivity contribution in [1.29, 1.82) is 0 Å². The molecular weight excluding hydrogens is 235 g/mol. The van der Waals surface area contributed by atoms with Crippen molar-refractivity contribution < 1.29 is 18.4 Å². The first-order chi connectivity index (χ1) is 7.99. The fourth-order valence-corrected chi connectivity index (χ4v) is 1.30. The van der Waals surface area contributed by atoms with Crippen LogP contribution in [-0.2, 0) is 0 Å². The van der Waals surface area contributed by atoms with E-state index >= 15 is 0 Å². The molecular formula is C10H12F3N3O. The molecule has 0 saturated heterocycles. The van der Waals surface area contributed by atoms with Crippen molar-refractivity contribution in [3.63, 3.8) is 0 Å². The molecule has 0 saturated carbocycles. The van der Waals surface area contributed by atoms with Crippen molar-refractivity contribution in [3.05, 3.63) is 29.6 Å². The van der Waals surface area contributed by atoms with Gasteiger partial charge in [-0.1, -0.05) is 12.1 Å². The van der Waals surface area contributed by atoms with E-state index in [1.54, 1.807) is 6.92 Å². The van der Waals surface area contributed by atoms with Crippen LogP contribution in [0.15, 0.2) is 17.3 Å². The van der Waals surface area contributed by atoms with E-state index in [0.717, 1.165) is 6.07 Å². The van der Waals surface area contributed by atoms with E-state index in [4.69, 9.17) is 10.9 Å². The van der Waals surface area contributed by atoms with Crippen LogP contribution in [0, 0.1) is 17.5 Å². The summed E-state index contributed by atoms with van der Waals surface area (Å²) in [6, 6.07) is 0.521. The zero-order valence-corrected chi connectivity index (χ0v) is 9.04. The Morgan fingerprint density at radius 2 is 2.12 bits per heavy atom. The largest absolute Gasteiger partial charge is 0.409 e. The van der Waals surface area contributed by atoms with E-state index in [2.05, 4.69) is 10.5 Å². The van der Waals surface area contributed by atoms with Gasteiger partial charge in [-0.3, -0.25) is 0 Å². The van der Waals surface area contributed by atoms with Crippen molar-refractivity contribution >= 4 is 11.5 Å². The van der Waals surface area contributed by atoms with Gasteiger partial charge >= 0.3 is 0 Å². The molecule has 0 aliphatic rings. The van der Waals surface area contributed by atoms with E-state index in [-0.39, 0.29) is 11.5 Å². The highest BCUT2D eigenvalue weighted by molar-refractivity contribution is 5.87. The van der Waals surface area contributed by atoms with Crippen LogP contribution in [0.5, 0.6) is 0 Å². The summed E-state index contributed by atoms with van der Waals surface area (Å²) in [5.74, 6) is -3.63. The molecule has 4 N–H and O–H groups in total. The highest BCUT2D eigenvalue weighted by atomic mass is 19.2. The van der Waals surface area contributed by atoms with Gasteiger partial charge in [-0.15, -0.1) is 0 Å². The molecule has 0 aliphatic carbocycles. The Kier molecular flexibility index (Phi) is 4.19. The third-order valence-corrected chi connectivity index (χ3v) is 2.20. The molecule has 7 heteroatoms. The topological polar surface area (TPSA) is 70.6 Å². The lowest BCUT2D eigenvalue weighted by Gasteiger charge is -2.17. The lowest BCUT2D eigenvalue weighted by molar-refractivity contribution is 0.316. The number of oxime groups is 1. The average Bonchev–Trinajstić information content (AvgIpc) is 2.30. The van der Waals surface area contributed by atoms with Crippen LogP contribution in [0.3, 0.4) is 0 Å². The molecule has 1 aromatic rings. The molecule has 17 heavy (non-hydrogen) atoms. The van der Waals surface area contributed by atoms with Crippen molar-refractivity contribution in [3.8, 4) is 0 Å². The Morgan fingerprint density at radius 3 is 2.65 bits per heavy atom. The third-order valence-electron chi connectivity index (χ3n) is 2.20. The van der Waals surface area contributed by atoms with Gasteiger partial charge in [-0.2, -0.15) is 0 Å². The Morgan fingerprint density at radius 1 is 1.47 bits per heavy atom. The first kappa shape index (κ1) is 13.1. The molecule has 94 valence electrons. The fourth-order valence-electron chi connectivity index (χ4n) is 1.30. The fraction of sp³-hybridized carbons (Fsp3) is 0.300. The summed E-state index contributed by atoms with van der Waals surface area (Å²) in [5, 5.41) is 13.7. The SMILES string of the molecule is CCC(Nc1cc(F)cc(F)c1F)C(N)=NO. The maximum atomic E-state index is 13.3. The van der Waals surface area contributed by atoms with Gasteiger partial charge in [-0.05, 0) is 6.42 Å². The summed E-state index contributed by atoms with van der Waals surface area (Å²) in [6.07, 6.45) is 0.355. The number of halogens is 3. The second-order valence-corrected chi connectivity index (χ2v) is 3.38. The normalized spacial score (nSPS) is 13.5. The van der Waals surface area contributed by atoms with Gasteiger partial charge in [0.2, 0.25) is 0 Å². The van der Waals surface area contributed by atoms with Gasteiger partial charge in [0.25, 0.3) is 0 Å². The molecule has 0 fully saturated rings. The van der Waals surface area contributed by atoms with Gasteiger partial charge < -0.3 is 16.3 Å². The maximum Gasteiger partial charge on any atom is 0.182 e. The summed E-state index contributed by atoms with van der Waals surface area (Å²) < 4.78 is 39.1. The number of nitrogens with zero attached hydrogens (tertiary/aromatic N) is 1. The van der Waals surface area contributed by atoms with Crippen molar-refractivity contribution in [2.24, 2.45) is 10.9 Å². The molecule has 0 spiro atoms. The number of nitrogens with two attached hydrogens (primary N) is 1. The standard InChI is InChI=1S/C10H12F3N3O/c1-2-7(10(14)16-17)15-8-4-5(11)3-6(12)9(8)13/h3-4,7,15,17H,2H2,1H3,(H2,14,16). The second-order valence-electron chi connectivity index (χ2n) is 3.38. The van der Waals surface area contributed by atoms with Crippen LogP contribution in [0.1, 0.15) is 13.3 Å². The monoisotopic (exact) mass is 247 g/mol. The smallest absolute Gasteiger partial charge is 0.182 e. The number of hydrogen-bond acceptors (Lipinski definition) is 3. The van der Waals surface area contributed by atoms with Crippen LogP contribution in [-0.4, -0.2) is 17.1 Å². The summed E-state index contributed by atoms with van der Waals surface area (Å²) in [7, 11) is 0. The molecule has 1 aromatic carbocycles. The zero-order valence-electron chi connectivity index (χ0n) is 9.04. The zero-order chi connectivity index (χ0) is 13.0. The van der Waals surface area contributed by atoms with Crippen LogP contribution in [0.2, 0.25) is 0 Å². The molecule has 0 heterocycles. The lowest BCUT2D eigenvalue weighted by atomic mass is 10.2. The molecule has 1 rings (SSSR count). The minimum atomic E-state index is -1.30. The van der Waals surface area contributed by atoms with Crippen molar-refractivity contribution in [2.75, 3.05) is 5.32 Å². The van der Waals surface area contributed by atoms with Crippen molar-refractivity contribution in [2.45, 2.75) is 19.4 Å². The Hall–Kier alpha value is -1.92. The number of amidine groups is 1. The van der Waals surface area contributed by atoms with E-state index in [9.17, 15) is 13.2 Å². The highest BCUT2D eigenvalue weighted by Gasteiger charge is 2.16. The van der Waals surface area contributed by atoms with Gasteiger partial charge in [0.15, 0.2) is 17.5 Å². The van der Waals surface area contributed by atoms with Gasteiger partial charge in [0.05, 0.1) is 11.7 Å². The molecule has 0 amide bonds. The van der Waals surface area contributed by atoms with E-state index in [1.807, 2.05) is 0 Å². The molecule has 4 nitrogen and oxygen atoms in total. The molecule has 1 unspecified atom stereocenters. The molecule has 0 aliphatic heterocycles. The first-order valence-corrected chi connectivity index (χ1v) is 4.88. The van der Waals surface area contributed by atoms with E-state index in [1.165, 1.54) is 0 Å². The highest BCUT2D eigenvalue weighted by Crippen LogP contribution is 2.20. The van der Waals surface area contributed by atoms with Crippen molar-refractivity contribution in [1.82, 2.24) is 0 Å². The van der Waals surface area contributed by atoms with E-state index < -0.39 is 23.5 Å². The Balaban J connectivity index is 3.01. The lowest BCUT2D eigenvalue weighted by Crippen LogP contribution is -2.35. The first-order valence-electron chi connectivity index (χ1n) is 4.88. The summed E-state index contributed by atoms with van der Waals surface area (Å²) in [5.41, 5.74) is 4.96. The number of hydrogen-bond donors (Lipinski definition) is 3. The maximum absolute atomic E-state index is 13.3. The second kappa shape index (κ2) is 5.42. The molecule has 0 aromatic heterocycles.